The van der Waals surface area contributed by atoms with E-state index in [9.17, 15) is 9.90 Å². The largest absolute Gasteiger partial charge is 0.507 e. The first kappa shape index (κ1) is 11.0. The molecule has 76 valence electrons. The van der Waals surface area contributed by atoms with E-state index >= 15 is 0 Å². The maximum Gasteiger partial charge on any atom is 0.181 e. The smallest absolute Gasteiger partial charge is 0.181 e. The highest BCUT2D eigenvalue weighted by molar-refractivity contribution is 9.10. The quantitative estimate of drug-likeness (QED) is 0.803. The molecule has 0 aliphatic rings. The van der Waals surface area contributed by atoms with E-state index in [4.69, 9.17) is 10.5 Å². The minimum absolute atomic E-state index is 0.104. The molecule has 0 amide bonds. The number of rotatable bonds is 3. The number of nitrogens with two attached hydrogens (primary N) is 1. The monoisotopic (exact) mass is 259 g/mol. The topological polar surface area (TPSA) is 72.5 Å². The van der Waals surface area contributed by atoms with Gasteiger partial charge >= 0.3 is 0 Å². The summed E-state index contributed by atoms with van der Waals surface area (Å²) in [5, 5.41) is 9.45. The Labute approximate surface area is 89.8 Å². The van der Waals surface area contributed by atoms with Crippen molar-refractivity contribution in [3.05, 3.63) is 22.2 Å². The maximum atomic E-state index is 11.4. The lowest BCUT2D eigenvalue weighted by atomic mass is 10.1. The van der Waals surface area contributed by atoms with Crippen LogP contribution in [-0.4, -0.2) is 24.5 Å². The fourth-order valence-corrected chi connectivity index (χ4v) is 1.79. The molecule has 14 heavy (non-hydrogen) atoms. The van der Waals surface area contributed by atoms with Gasteiger partial charge in [0.25, 0.3) is 0 Å². The average Bonchev–Trinajstić information content (AvgIpc) is 2.18. The summed E-state index contributed by atoms with van der Waals surface area (Å²) in [7, 11) is 1.48. The number of benzene rings is 1. The first-order valence-corrected chi connectivity index (χ1v) is 4.69. The predicted octanol–water partition coefficient (Wildman–Crippen LogP) is 1.30. The Morgan fingerprint density at radius 2 is 2.29 bits per heavy atom. The van der Waals surface area contributed by atoms with Gasteiger partial charge in [0.1, 0.15) is 11.5 Å². The summed E-state index contributed by atoms with van der Waals surface area (Å²) in [5.74, 6) is 0.0426. The van der Waals surface area contributed by atoms with Gasteiger partial charge < -0.3 is 15.6 Å². The summed E-state index contributed by atoms with van der Waals surface area (Å²) >= 11 is 3.17. The molecule has 0 aliphatic heterocycles. The first-order chi connectivity index (χ1) is 6.61. The number of hydrogen-bond donors (Lipinski definition) is 2. The van der Waals surface area contributed by atoms with Crippen LogP contribution in [-0.2, 0) is 0 Å². The molecule has 0 fully saturated rings. The van der Waals surface area contributed by atoms with Crippen LogP contribution in [0.1, 0.15) is 10.4 Å². The second-order valence-electron chi connectivity index (χ2n) is 2.60. The van der Waals surface area contributed by atoms with Crippen molar-refractivity contribution >= 4 is 21.7 Å². The van der Waals surface area contributed by atoms with E-state index in [2.05, 4.69) is 15.9 Å². The van der Waals surface area contributed by atoms with Gasteiger partial charge in [-0.25, -0.2) is 0 Å². The Bertz CT molecular complexity index is 365. The molecule has 0 saturated carbocycles. The molecule has 0 unspecified atom stereocenters. The number of hydrogen-bond acceptors (Lipinski definition) is 4. The number of halogens is 1. The van der Waals surface area contributed by atoms with Gasteiger partial charge in [-0.1, -0.05) is 0 Å². The molecule has 0 heterocycles. The van der Waals surface area contributed by atoms with Gasteiger partial charge in [-0.15, -0.1) is 0 Å². The lowest BCUT2D eigenvalue weighted by molar-refractivity contribution is 0.0997. The molecular formula is C9H10BrNO3. The normalized spacial score (nSPS) is 9.93. The van der Waals surface area contributed by atoms with E-state index in [-0.39, 0.29) is 23.6 Å². The molecule has 1 aromatic carbocycles. The van der Waals surface area contributed by atoms with Gasteiger partial charge in [-0.05, 0) is 28.1 Å². The second-order valence-corrected chi connectivity index (χ2v) is 3.40. The van der Waals surface area contributed by atoms with Gasteiger partial charge in [-0.2, -0.15) is 0 Å². The number of ketones is 1. The van der Waals surface area contributed by atoms with E-state index in [1.165, 1.54) is 13.2 Å². The van der Waals surface area contributed by atoms with Gasteiger partial charge in [0.05, 0.1) is 23.7 Å². The van der Waals surface area contributed by atoms with Crippen molar-refractivity contribution in [1.29, 1.82) is 0 Å². The Morgan fingerprint density at radius 3 is 2.79 bits per heavy atom. The number of carbonyl (C=O) groups is 1. The van der Waals surface area contributed by atoms with Crippen molar-refractivity contribution in [3.8, 4) is 11.5 Å². The number of phenolic OH excluding ortho intramolecular Hbond substituents is 1. The van der Waals surface area contributed by atoms with Gasteiger partial charge in [-0.3, -0.25) is 4.79 Å². The average molecular weight is 260 g/mol. The molecule has 1 rings (SSSR count). The van der Waals surface area contributed by atoms with Crippen LogP contribution in [0.15, 0.2) is 16.6 Å². The third-order valence-corrected chi connectivity index (χ3v) is 2.56. The third kappa shape index (κ3) is 1.88. The van der Waals surface area contributed by atoms with Crippen LogP contribution in [0.2, 0.25) is 0 Å². The fourth-order valence-electron chi connectivity index (χ4n) is 1.07. The van der Waals surface area contributed by atoms with Crippen molar-refractivity contribution in [3.63, 3.8) is 0 Å². The Kier molecular flexibility index (Phi) is 3.49. The van der Waals surface area contributed by atoms with Gasteiger partial charge in [0.15, 0.2) is 5.78 Å². The first-order valence-electron chi connectivity index (χ1n) is 3.90. The lowest BCUT2D eigenvalue weighted by Gasteiger charge is -2.08. The van der Waals surface area contributed by atoms with Crippen molar-refractivity contribution in [1.82, 2.24) is 0 Å². The maximum absolute atomic E-state index is 11.4. The number of aromatic hydroxyl groups is 1. The number of phenols is 1. The summed E-state index contributed by atoms with van der Waals surface area (Å²) in [6, 6.07) is 2.96. The SMILES string of the molecule is COc1ccc(O)c(C(=O)CN)c1Br. The zero-order chi connectivity index (χ0) is 10.7. The van der Waals surface area contributed by atoms with Crippen LogP contribution in [0.5, 0.6) is 11.5 Å². The van der Waals surface area contributed by atoms with Gasteiger partial charge in [0.2, 0.25) is 0 Å². The van der Waals surface area contributed by atoms with E-state index in [0.717, 1.165) is 0 Å². The summed E-state index contributed by atoms with van der Waals surface area (Å²) in [4.78, 5) is 11.4. The molecule has 5 heteroatoms. The van der Waals surface area contributed by atoms with E-state index in [1.54, 1.807) is 6.07 Å². The van der Waals surface area contributed by atoms with Crippen LogP contribution in [0.4, 0.5) is 0 Å². The summed E-state index contributed by atoms with van der Waals surface area (Å²) in [6.45, 7) is -0.153. The predicted molar refractivity (Wildman–Crippen MR) is 55.7 cm³/mol. The highest BCUT2D eigenvalue weighted by atomic mass is 79.9. The van der Waals surface area contributed by atoms with Crippen molar-refractivity contribution < 1.29 is 14.6 Å². The Hall–Kier alpha value is -1.07. The highest BCUT2D eigenvalue weighted by Gasteiger charge is 2.17. The van der Waals surface area contributed by atoms with Crippen molar-refractivity contribution in [2.75, 3.05) is 13.7 Å². The standard InChI is InChI=1S/C9H10BrNO3/c1-14-7-3-2-5(12)8(9(7)10)6(13)4-11/h2-3,12H,4,11H2,1H3. The van der Waals surface area contributed by atoms with Crippen molar-refractivity contribution in [2.45, 2.75) is 0 Å². The third-order valence-electron chi connectivity index (χ3n) is 1.77. The summed E-state index contributed by atoms with van der Waals surface area (Å²) < 4.78 is 5.41. The van der Waals surface area contributed by atoms with E-state index < -0.39 is 0 Å². The zero-order valence-electron chi connectivity index (χ0n) is 7.58. The lowest BCUT2D eigenvalue weighted by Crippen LogP contribution is -2.14. The summed E-state index contributed by atoms with van der Waals surface area (Å²) in [5.41, 5.74) is 5.37. The van der Waals surface area contributed by atoms with E-state index in [1.807, 2.05) is 0 Å². The summed E-state index contributed by atoms with van der Waals surface area (Å²) in [6.07, 6.45) is 0. The van der Waals surface area contributed by atoms with Crippen LogP contribution in [0.25, 0.3) is 0 Å². The minimum atomic E-state index is -0.340. The number of methoxy groups -OCH3 is 1. The molecule has 0 radical (unpaired) electrons. The Balaban J connectivity index is 3.32. The Morgan fingerprint density at radius 1 is 1.64 bits per heavy atom. The molecule has 0 aliphatic carbocycles. The zero-order valence-corrected chi connectivity index (χ0v) is 9.17. The molecule has 3 N–H and O–H groups in total. The minimum Gasteiger partial charge on any atom is -0.507 e. The molecule has 1 aromatic rings. The molecule has 4 nitrogen and oxygen atoms in total. The van der Waals surface area contributed by atoms with Crippen molar-refractivity contribution in [2.24, 2.45) is 5.73 Å². The number of carbonyl (C=O) groups excluding carboxylic acids is 1. The van der Waals surface area contributed by atoms with Crippen LogP contribution >= 0.6 is 15.9 Å². The van der Waals surface area contributed by atoms with E-state index in [0.29, 0.717) is 10.2 Å². The second kappa shape index (κ2) is 4.43. The fraction of sp³-hybridized carbons (Fsp3) is 0.222. The molecule has 0 aromatic heterocycles. The number of ether oxygens (including phenoxy) is 1. The molecule has 0 bridgehead atoms. The molecule has 0 spiro atoms. The molecule has 0 atom stereocenters. The highest BCUT2D eigenvalue weighted by Crippen LogP contribution is 2.34. The van der Waals surface area contributed by atoms with Crippen LogP contribution < -0.4 is 10.5 Å². The number of Topliss-reactive ketones (excluding diaryl/α,β-unsaturated/α-hetero) is 1. The molecule has 0 saturated heterocycles. The molecular weight excluding hydrogens is 250 g/mol. The van der Waals surface area contributed by atoms with Crippen LogP contribution in [0.3, 0.4) is 0 Å². The van der Waals surface area contributed by atoms with Crippen LogP contribution in [0, 0.1) is 0 Å². The van der Waals surface area contributed by atoms with Gasteiger partial charge in [0, 0.05) is 0 Å².